The van der Waals surface area contributed by atoms with E-state index in [1.54, 1.807) is 23.0 Å². The van der Waals surface area contributed by atoms with E-state index in [2.05, 4.69) is 25.4 Å². The van der Waals surface area contributed by atoms with Gasteiger partial charge in [0.05, 0.1) is 24.1 Å². The van der Waals surface area contributed by atoms with Crippen LogP contribution in [0.4, 0.5) is 26.2 Å². The molecular formula is C24H23F2N7O. The predicted octanol–water partition coefficient (Wildman–Crippen LogP) is 4.57. The largest absolute Gasteiger partial charge is 0.486 e. The van der Waals surface area contributed by atoms with E-state index in [-0.39, 0.29) is 23.4 Å². The fourth-order valence-corrected chi connectivity index (χ4v) is 3.91. The predicted molar refractivity (Wildman–Crippen MR) is 125 cm³/mol. The average Bonchev–Trinajstić information content (AvgIpc) is 3.26. The van der Waals surface area contributed by atoms with E-state index in [1.807, 2.05) is 44.1 Å². The number of aryl methyl sites for hydroxylation is 1. The maximum Gasteiger partial charge on any atom is 0.229 e. The molecule has 174 valence electrons. The Kier molecular flexibility index (Phi) is 5.56. The van der Waals surface area contributed by atoms with E-state index in [9.17, 15) is 8.78 Å². The van der Waals surface area contributed by atoms with Gasteiger partial charge in [0.25, 0.3) is 0 Å². The fourth-order valence-electron chi connectivity index (χ4n) is 3.91. The highest BCUT2D eigenvalue weighted by molar-refractivity contribution is 5.73. The molecule has 0 saturated heterocycles. The molecule has 0 radical (unpaired) electrons. The molecule has 1 aliphatic rings. The van der Waals surface area contributed by atoms with Crippen molar-refractivity contribution in [3.8, 4) is 28.3 Å². The highest BCUT2D eigenvalue weighted by Crippen LogP contribution is 2.39. The van der Waals surface area contributed by atoms with Crippen molar-refractivity contribution >= 4 is 17.5 Å². The number of benzene rings is 1. The van der Waals surface area contributed by atoms with Gasteiger partial charge in [0, 0.05) is 36.6 Å². The summed E-state index contributed by atoms with van der Waals surface area (Å²) in [6.07, 6.45) is 4.58. The second-order valence-electron chi connectivity index (χ2n) is 8.26. The summed E-state index contributed by atoms with van der Waals surface area (Å²) in [4.78, 5) is 14.7. The van der Waals surface area contributed by atoms with Crippen molar-refractivity contribution < 1.29 is 13.5 Å². The summed E-state index contributed by atoms with van der Waals surface area (Å²) in [7, 11) is 1.85. The summed E-state index contributed by atoms with van der Waals surface area (Å²) in [6, 6.07) is 8.58. The third kappa shape index (κ3) is 4.14. The second kappa shape index (κ2) is 8.69. The van der Waals surface area contributed by atoms with Gasteiger partial charge in [-0.1, -0.05) is 0 Å². The highest BCUT2D eigenvalue weighted by atomic mass is 19.1. The molecule has 3 aromatic heterocycles. The number of nitrogens with one attached hydrogen (secondary N) is 1. The number of nitrogens with zero attached hydrogens (tertiary/aromatic N) is 6. The molecule has 0 amide bonds. The fraction of sp³-hybridized carbons (Fsp3) is 0.250. The molecular weight excluding hydrogens is 440 g/mol. The van der Waals surface area contributed by atoms with Crippen LogP contribution in [0.2, 0.25) is 0 Å². The Morgan fingerprint density at radius 1 is 1.03 bits per heavy atom. The Morgan fingerprint density at radius 2 is 1.88 bits per heavy atom. The first-order valence-electron chi connectivity index (χ1n) is 10.9. The molecule has 4 aromatic rings. The van der Waals surface area contributed by atoms with Gasteiger partial charge in [-0.05, 0) is 44.2 Å². The number of pyridine rings is 1. The number of halogens is 2. The van der Waals surface area contributed by atoms with E-state index in [1.165, 1.54) is 6.07 Å². The highest BCUT2D eigenvalue weighted by Gasteiger charge is 2.25. The van der Waals surface area contributed by atoms with Crippen molar-refractivity contribution in [3.63, 3.8) is 0 Å². The number of rotatable bonds is 5. The Morgan fingerprint density at radius 3 is 2.59 bits per heavy atom. The lowest BCUT2D eigenvalue weighted by atomic mass is 10.1. The summed E-state index contributed by atoms with van der Waals surface area (Å²) >= 11 is 0. The van der Waals surface area contributed by atoms with Crippen molar-refractivity contribution in [2.75, 3.05) is 23.4 Å². The zero-order valence-corrected chi connectivity index (χ0v) is 19.0. The smallest absolute Gasteiger partial charge is 0.229 e. The molecule has 5 rings (SSSR count). The zero-order chi connectivity index (χ0) is 23.8. The lowest BCUT2D eigenvalue weighted by molar-refractivity contribution is 0.287. The summed E-state index contributed by atoms with van der Waals surface area (Å²) in [5.41, 5.74) is 2.52. The number of anilines is 3. The minimum Gasteiger partial charge on any atom is -0.486 e. The molecule has 0 atom stereocenters. The molecule has 10 heteroatoms. The molecule has 0 bridgehead atoms. The summed E-state index contributed by atoms with van der Waals surface area (Å²) in [5.74, 6) is -0.417. The number of fused-ring (bicyclic) bond motifs is 1. The molecule has 8 nitrogen and oxygen atoms in total. The van der Waals surface area contributed by atoms with Crippen LogP contribution in [0.25, 0.3) is 22.5 Å². The maximum absolute atomic E-state index is 14.9. The van der Waals surface area contributed by atoms with E-state index in [4.69, 9.17) is 4.74 Å². The van der Waals surface area contributed by atoms with Gasteiger partial charge in [0.1, 0.15) is 18.1 Å². The molecule has 34 heavy (non-hydrogen) atoms. The van der Waals surface area contributed by atoms with Gasteiger partial charge in [-0.15, -0.1) is 0 Å². The summed E-state index contributed by atoms with van der Waals surface area (Å²) in [6.45, 7) is 5.04. The van der Waals surface area contributed by atoms with Crippen molar-refractivity contribution in [1.82, 2.24) is 24.7 Å². The van der Waals surface area contributed by atoms with Crippen molar-refractivity contribution in [3.05, 3.63) is 60.6 Å². The molecule has 1 N–H and O–H groups in total. The quantitative estimate of drug-likeness (QED) is 0.464. The Balaban J connectivity index is 1.44. The number of hydrogen-bond donors (Lipinski definition) is 1. The Bertz CT molecular complexity index is 1340. The van der Waals surface area contributed by atoms with Gasteiger partial charge in [-0.3, -0.25) is 4.68 Å². The van der Waals surface area contributed by atoms with Crippen LogP contribution in [0, 0.1) is 11.6 Å². The van der Waals surface area contributed by atoms with E-state index >= 15 is 0 Å². The zero-order valence-electron chi connectivity index (χ0n) is 19.0. The van der Waals surface area contributed by atoms with E-state index in [0.29, 0.717) is 30.2 Å². The SMILES string of the molecule is CC(C)N1CCOc2c(F)cc(-c3nc(Nc4ccc(-c5ccn(C)n5)cn4)ncc3F)cc21. The van der Waals surface area contributed by atoms with Crippen LogP contribution >= 0.6 is 0 Å². The normalized spacial score (nSPS) is 13.1. The first-order chi connectivity index (χ1) is 16.4. The first-order valence-corrected chi connectivity index (χ1v) is 10.9. The lowest BCUT2D eigenvalue weighted by Gasteiger charge is -2.34. The minimum atomic E-state index is -0.656. The minimum absolute atomic E-state index is 0.0152. The molecule has 1 aliphatic heterocycles. The van der Waals surface area contributed by atoms with Crippen LogP contribution in [0.5, 0.6) is 5.75 Å². The standard InChI is InChI=1S/C24H23F2N7O/c1-14(2)33-8-9-34-23-17(25)10-16(11-20(23)33)22-18(26)13-28-24(30-22)29-21-5-4-15(12-27-21)19-6-7-32(3)31-19/h4-7,10-14H,8-9H2,1-3H3,(H,27,28,29,30). The van der Waals surface area contributed by atoms with Crippen molar-refractivity contribution in [1.29, 1.82) is 0 Å². The monoisotopic (exact) mass is 463 g/mol. The Hall–Kier alpha value is -4.08. The van der Waals surface area contributed by atoms with E-state index in [0.717, 1.165) is 17.5 Å². The molecule has 0 saturated carbocycles. The first kappa shape index (κ1) is 21.7. The number of aromatic nitrogens is 5. The van der Waals surface area contributed by atoms with Crippen LogP contribution in [0.15, 0.2) is 48.9 Å². The van der Waals surface area contributed by atoms with Crippen LogP contribution in [-0.2, 0) is 7.05 Å². The van der Waals surface area contributed by atoms with Gasteiger partial charge >= 0.3 is 0 Å². The van der Waals surface area contributed by atoms with Crippen LogP contribution in [-0.4, -0.2) is 43.9 Å². The third-order valence-electron chi connectivity index (χ3n) is 5.57. The number of hydrogen-bond acceptors (Lipinski definition) is 7. The van der Waals surface area contributed by atoms with Crippen molar-refractivity contribution in [2.24, 2.45) is 7.05 Å². The van der Waals surface area contributed by atoms with E-state index < -0.39 is 11.6 Å². The Labute approximate surface area is 195 Å². The van der Waals surface area contributed by atoms with Crippen LogP contribution in [0.3, 0.4) is 0 Å². The molecule has 0 spiro atoms. The average molecular weight is 463 g/mol. The molecule has 0 aliphatic carbocycles. The van der Waals surface area contributed by atoms with Gasteiger partial charge in [-0.25, -0.2) is 23.7 Å². The summed E-state index contributed by atoms with van der Waals surface area (Å²) < 4.78 is 36.8. The van der Waals surface area contributed by atoms with Gasteiger partial charge in [0.15, 0.2) is 17.4 Å². The molecule has 4 heterocycles. The van der Waals surface area contributed by atoms with Gasteiger partial charge in [-0.2, -0.15) is 5.10 Å². The van der Waals surface area contributed by atoms with Gasteiger partial charge in [0.2, 0.25) is 5.95 Å². The lowest BCUT2D eigenvalue weighted by Crippen LogP contribution is -2.38. The molecule has 1 aromatic carbocycles. The second-order valence-corrected chi connectivity index (χ2v) is 8.26. The van der Waals surface area contributed by atoms with Crippen LogP contribution in [0.1, 0.15) is 13.8 Å². The number of ether oxygens (including phenoxy) is 1. The maximum atomic E-state index is 14.9. The molecule has 0 unspecified atom stereocenters. The topological polar surface area (TPSA) is 81.0 Å². The van der Waals surface area contributed by atoms with Gasteiger partial charge < -0.3 is 15.0 Å². The summed E-state index contributed by atoms with van der Waals surface area (Å²) in [5, 5.41) is 7.32. The van der Waals surface area contributed by atoms with Crippen LogP contribution < -0.4 is 15.0 Å². The molecule has 0 fully saturated rings. The van der Waals surface area contributed by atoms with Crippen molar-refractivity contribution in [2.45, 2.75) is 19.9 Å². The third-order valence-corrected chi connectivity index (χ3v) is 5.57.